The van der Waals surface area contributed by atoms with Crippen molar-refractivity contribution in [3.63, 3.8) is 0 Å². The molecule has 0 spiro atoms. The van der Waals surface area contributed by atoms with Crippen molar-refractivity contribution in [3.05, 3.63) is 94.5 Å². The van der Waals surface area contributed by atoms with Gasteiger partial charge in [0.25, 0.3) is 5.91 Å². The molecule has 3 aromatic rings. The summed E-state index contributed by atoms with van der Waals surface area (Å²) in [7, 11) is 0. The van der Waals surface area contributed by atoms with Crippen molar-refractivity contribution in [2.45, 2.75) is 12.8 Å². The van der Waals surface area contributed by atoms with Gasteiger partial charge in [-0.15, -0.1) is 0 Å². The number of carbonyl (C=O) groups is 1. The Kier molecular flexibility index (Phi) is 5.36. The molecule has 3 aromatic carbocycles. The van der Waals surface area contributed by atoms with Gasteiger partial charge in [-0.05, 0) is 48.2 Å². The molecule has 0 radical (unpaired) electrons. The minimum absolute atomic E-state index is 0.0143. The van der Waals surface area contributed by atoms with Crippen LogP contribution in [-0.4, -0.2) is 11.0 Å². The lowest BCUT2D eigenvalue weighted by Crippen LogP contribution is -2.14. The molecule has 0 atom stereocenters. The average molecular weight is 352 g/mol. The summed E-state index contributed by atoms with van der Waals surface area (Å²) in [5, 5.41) is 13.1. The van der Waals surface area contributed by atoms with Gasteiger partial charge in [0.1, 0.15) is 5.75 Å². The molecule has 25 heavy (non-hydrogen) atoms. The predicted molar refractivity (Wildman–Crippen MR) is 101 cm³/mol. The molecule has 2 N–H and O–H groups in total. The van der Waals surface area contributed by atoms with Crippen LogP contribution in [0.1, 0.15) is 21.5 Å². The lowest BCUT2D eigenvalue weighted by molar-refractivity contribution is 0.102. The number of aromatic hydroxyl groups is 1. The second kappa shape index (κ2) is 7.86. The maximum Gasteiger partial charge on any atom is 0.256 e. The number of amides is 1. The lowest BCUT2D eigenvalue weighted by atomic mass is 9.99. The first-order valence-electron chi connectivity index (χ1n) is 8.05. The van der Waals surface area contributed by atoms with Crippen LogP contribution in [-0.2, 0) is 12.8 Å². The third-order valence-corrected chi connectivity index (χ3v) is 4.23. The molecule has 126 valence electrons. The van der Waals surface area contributed by atoms with Gasteiger partial charge in [-0.25, -0.2) is 0 Å². The van der Waals surface area contributed by atoms with E-state index in [0.717, 1.165) is 18.4 Å². The number of anilines is 1. The first-order chi connectivity index (χ1) is 12.1. The number of carbonyl (C=O) groups excluding carboxylic acids is 1. The zero-order chi connectivity index (χ0) is 17.6. The second-order valence-corrected chi connectivity index (χ2v) is 6.19. The number of phenolic OH excluding ortho intramolecular Hbond substituents is 1. The highest BCUT2D eigenvalue weighted by Gasteiger charge is 2.13. The lowest BCUT2D eigenvalue weighted by Gasteiger charge is -2.11. The largest absolute Gasteiger partial charge is 0.506 e. The third-order valence-electron chi connectivity index (χ3n) is 3.99. The molecular weight excluding hydrogens is 334 g/mol. The normalized spacial score (nSPS) is 10.4. The number of benzene rings is 3. The van der Waals surface area contributed by atoms with Gasteiger partial charge >= 0.3 is 0 Å². The van der Waals surface area contributed by atoms with Crippen molar-refractivity contribution in [2.75, 3.05) is 5.32 Å². The highest BCUT2D eigenvalue weighted by atomic mass is 35.5. The van der Waals surface area contributed by atoms with E-state index in [1.165, 1.54) is 17.7 Å². The van der Waals surface area contributed by atoms with Crippen molar-refractivity contribution < 1.29 is 9.90 Å². The van der Waals surface area contributed by atoms with E-state index in [1.54, 1.807) is 12.1 Å². The molecule has 0 unspecified atom stereocenters. The summed E-state index contributed by atoms with van der Waals surface area (Å²) < 4.78 is 0. The van der Waals surface area contributed by atoms with Gasteiger partial charge in [-0.1, -0.05) is 60.1 Å². The van der Waals surface area contributed by atoms with Crippen LogP contribution in [0.25, 0.3) is 0 Å². The zero-order valence-corrected chi connectivity index (χ0v) is 14.3. The topological polar surface area (TPSA) is 49.3 Å². The van der Waals surface area contributed by atoms with Gasteiger partial charge in [-0.2, -0.15) is 0 Å². The first kappa shape index (κ1) is 17.1. The van der Waals surface area contributed by atoms with Crippen LogP contribution in [0.2, 0.25) is 5.02 Å². The van der Waals surface area contributed by atoms with Crippen molar-refractivity contribution in [3.8, 4) is 5.75 Å². The van der Waals surface area contributed by atoms with Gasteiger partial charge in [0.15, 0.2) is 0 Å². The van der Waals surface area contributed by atoms with Crippen LogP contribution in [0, 0.1) is 0 Å². The van der Waals surface area contributed by atoms with Gasteiger partial charge in [0.05, 0.1) is 5.69 Å². The van der Waals surface area contributed by atoms with Crippen molar-refractivity contribution >= 4 is 23.2 Å². The summed E-state index contributed by atoms with van der Waals surface area (Å²) in [4.78, 5) is 12.6. The van der Waals surface area contributed by atoms with E-state index in [1.807, 2.05) is 36.4 Å². The smallest absolute Gasteiger partial charge is 0.256 e. The number of rotatable bonds is 5. The summed E-state index contributed by atoms with van der Waals surface area (Å²) in [6.07, 6.45) is 1.61. The average Bonchev–Trinajstić information content (AvgIpc) is 2.64. The van der Waals surface area contributed by atoms with Crippen molar-refractivity contribution in [2.24, 2.45) is 0 Å². The highest BCUT2D eigenvalue weighted by Crippen LogP contribution is 2.27. The molecule has 0 aliphatic heterocycles. The van der Waals surface area contributed by atoms with E-state index in [-0.39, 0.29) is 11.7 Å². The minimum Gasteiger partial charge on any atom is -0.506 e. The van der Waals surface area contributed by atoms with Crippen LogP contribution < -0.4 is 5.32 Å². The number of hydrogen-bond acceptors (Lipinski definition) is 2. The molecule has 1 amide bonds. The molecule has 0 aromatic heterocycles. The molecule has 0 heterocycles. The standard InChI is InChI=1S/C21H18ClNO2/c22-17-12-13-20(24)19(14-17)23-21(25)18-9-5-4-8-16(18)11-10-15-6-2-1-3-7-15/h1-9,12-14,24H,10-11H2,(H,23,25). The molecule has 4 heteroatoms. The summed E-state index contributed by atoms with van der Waals surface area (Å²) in [6, 6.07) is 22.2. The Morgan fingerprint density at radius 1 is 0.920 bits per heavy atom. The summed E-state index contributed by atoms with van der Waals surface area (Å²) in [5.74, 6) is -0.277. The molecule has 0 aliphatic carbocycles. The monoisotopic (exact) mass is 351 g/mol. The van der Waals surface area contributed by atoms with Gasteiger partial charge in [0, 0.05) is 10.6 Å². The van der Waals surface area contributed by atoms with Gasteiger partial charge in [0.2, 0.25) is 0 Å². The van der Waals surface area contributed by atoms with E-state index in [2.05, 4.69) is 17.4 Å². The Labute approximate surface area is 151 Å². The number of halogens is 1. The molecular formula is C21H18ClNO2. The van der Waals surface area contributed by atoms with Crippen LogP contribution >= 0.6 is 11.6 Å². The Bertz CT molecular complexity index is 878. The summed E-state index contributed by atoms with van der Waals surface area (Å²) in [5.41, 5.74) is 3.09. The van der Waals surface area contributed by atoms with Crippen LogP contribution in [0.4, 0.5) is 5.69 Å². The van der Waals surface area contributed by atoms with E-state index in [0.29, 0.717) is 16.3 Å². The molecule has 0 aliphatic rings. The SMILES string of the molecule is O=C(Nc1cc(Cl)ccc1O)c1ccccc1CCc1ccccc1. The van der Waals surface area contributed by atoms with E-state index in [4.69, 9.17) is 11.6 Å². The number of phenols is 1. The quantitative estimate of drug-likeness (QED) is 0.629. The van der Waals surface area contributed by atoms with Gasteiger partial charge < -0.3 is 10.4 Å². The number of hydrogen-bond donors (Lipinski definition) is 2. The molecule has 0 saturated carbocycles. The van der Waals surface area contributed by atoms with Crippen molar-refractivity contribution in [1.29, 1.82) is 0 Å². The fourth-order valence-corrected chi connectivity index (χ4v) is 2.85. The summed E-state index contributed by atoms with van der Waals surface area (Å²) in [6.45, 7) is 0. The highest BCUT2D eigenvalue weighted by molar-refractivity contribution is 6.31. The fourth-order valence-electron chi connectivity index (χ4n) is 2.68. The maximum absolute atomic E-state index is 12.6. The number of nitrogens with one attached hydrogen (secondary N) is 1. The zero-order valence-electron chi connectivity index (χ0n) is 13.6. The van der Waals surface area contributed by atoms with Crippen LogP contribution in [0.15, 0.2) is 72.8 Å². The minimum atomic E-state index is -0.263. The Morgan fingerprint density at radius 3 is 2.44 bits per heavy atom. The molecule has 0 bridgehead atoms. The Balaban J connectivity index is 1.77. The first-order valence-corrected chi connectivity index (χ1v) is 8.43. The van der Waals surface area contributed by atoms with E-state index >= 15 is 0 Å². The van der Waals surface area contributed by atoms with Gasteiger partial charge in [-0.3, -0.25) is 4.79 Å². The third kappa shape index (κ3) is 4.40. The van der Waals surface area contributed by atoms with E-state index < -0.39 is 0 Å². The molecule has 3 nitrogen and oxygen atoms in total. The molecule has 0 fully saturated rings. The van der Waals surface area contributed by atoms with Crippen molar-refractivity contribution in [1.82, 2.24) is 0 Å². The van der Waals surface area contributed by atoms with Crippen LogP contribution in [0.3, 0.4) is 0 Å². The Morgan fingerprint density at radius 2 is 1.64 bits per heavy atom. The molecule has 3 rings (SSSR count). The maximum atomic E-state index is 12.6. The van der Waals surface area contributed by atoms with Crippen LogP contribution in [0.5, 0.6) is 5.75 Å². The number of aryl methyl sites for hydroxylation is 2. The predicted octanol–water partition coefficient (Wildman–Crippen LogP) is 5.08. The van der Waals surface area contributed by atoms with E-state index in [9.17, 15) is 9.90 Å². The molecule has 0 saturated heterocycles. The fraction of sp³-hybridized carbons (Fsp3) is 0.0952. The Hall–Kier alpha value is -2.78. The summed E-state index contributed by atoms with van der Waals surface area (Å²) >= 11 is 5.93. The second-order valence-electron chi connectivity index (χ2n) is 5.76.